The second-order valence-electron chi connectivity index (χ2n) is 4.45. The van der Waals surface area contributed by atoms with Crippen LogP contribution in [0.5, 0.6) is 0 Å². The van der Waals surface area contributed by atoms with Crippen LogP contribution < -0.4 is 5.32 Å². The lowest BCUT2D eigenvalue weighted by Gasteiger charge is -2.08. The van der Waals surface area contributed by atoms with Gasteiger partial charge in [0.2, 0.25) is 5.91 Å². The summed E-state index contributed by atoms with van der Waals surface area (Å²) in [5, 5.41) is 3.81. The minimum absolute atomic E-state index is 0.107. The minimum Gasteiger partial charge on any atom is -0.353 e. The van der Waals surface area contributed by atoms with Gasteiger partial charge >= 0.3 is 0 Å². The van der Waals surface area contributed by atoms with Crippen molar-refractivity contribution in [2.45, 2.75) is 6.42 Å². The molecular weight excluding hydrogens is 283 g/mol. The number of rotatable bonds is 6. The summed E-state index contributed by atoms with van der Waals surface area (Å²) < 4.78 is 0. The summed E-state index contributed by atoms with van der Waals surface area (Å²) in [6.45, 7) is 1.62. The van der Waals surface area contributed by atoms with E-state index in [1.165, 1.54) is 6.08 Å². The van der Waals surface area contributed by atoms with Crippen LogP contribution in [0, 0.1) is 0 Å². The van der Waals surface area contributed by atoms with Crippen molar-refractivity contribution in [1.82, 2.24) is 10.2 Å². The fraction of sp³-hybridized carbons (Fsp3) is 0.357. The maximum atomic E-state index is 11.5. The summed E-state index contributed by atoms with van der Waals surface area (Å²) in [5.74, 6) is -0.107. The van der Waals surface area contributed by atoms with Crippen molar-refractivity contribution in [2.24, 2.45) is 0 Å². The topological polar surface area (TPSA) is 32.3 Å². The van der Waals surface area contributed by atoms with Crippen molar-refractivity contribution in [2.75, 3.05) is 27.2 Å². The molecule has 1 aromatic rings. The van der Waals surface area contributed by atoms with Gasteiger partial charge in [-0.15, -0.1) is 0 Å². The first-order valence-electron chi connectivity index (χ1n) is 6.05. The molecule has 0 fully saturated rings. The quantitative estimate of drug-likeness (QED) is 0.647. The van der Waals surface area contributed by atoms with Crippen LogP contribution in [0.1, 0.15) is 12.0 Å². The maximum Gasteiger partial charge on any atom is 0.243 e. The van der Waals surface area contributed by atoms with Crippen LogP contribution in [0.4, 0.5) is 0 Å². The van der Waals surface area contributed by atoms with Crippen LogP contribution in [0.25, 0.3) is 6.08 Å². The molecule has 1 rings (SSSR count). The molecule has 0 unspecified atom stereocenters. The number of nitrogens with zero attached hydrogens (tertiary/aromatic N) is 1. The Morgan fingerprint density at radius 2 is 2.05 bits per heavy atom. The highest BCUT2D eigenvalue weighted by atomic mass is 35.5. The highest BCUT2D eigenvalue weighted by Crippen LogP contribution is 2.22. The molecule has 0 heterocycles. The van der Waals surface area contributed by atoms with E-state index in [0.29, 0.717) is 16.6 Å². The second kappa shape index (κ2) is 8.20. The van der Waals surface area contributed by atoms with Crippen LogP contribution in [0.2, 0.25) is 10.0 Å². The normalized spacial score (nSPS) is 11.2. The number of carbonyl (C=O) groups excluding carboxylic acids is 1. The van der Waals surface area contributed by atoms with Gasteiger partial charge in [0.15, 0.2) is 0 Å². The summed E-state index contributed by atoms with van der Waals surface area (Å²) in [7, 11) is 4.01. The summed E-state index contributed by atoms with van der Waals surface area (Å²) in [5.41, 5.74) is 0.845. The Hall–Kier alpha value is -1.03. The predicted octanol–water partition coefficient (Wildman–Crippen LogP) is 3.07. The highest BCUT2D eigenvalue weighted by molar-refractivity contribution is 6.42. The number of carbonyl (C=O) groups is 1. The lowest BCUT2D eigenvalue weighted by atomic mass is 10.2. The number of halogens is 2. The molecule has 1 amide bonds. The van der Waals surface area contributed by atoms with Gasteiger partial charge in [-0.25, -0.2) is 0 Å². The Kier molecular flexibility index (Phi) is 6.92. The average Bonchev–Trinajstić information content (AvgIpc) is 2.36. The van der Waals surface area contributed by atoms with Crippen molar-refractivity contribution >= 4 is 35.2 Å². The van der Waals surface area contributed by atoms with Gasteiger partial charge in [0.1, 0.15) is 0 Å². The maximum absolute atomic E-state index is 11.5. The van der Waals surface area contributed by atoms with E-state index in [1.807, 2.05) is 20.2 Å². The van der Waals surface area contributed by atoms with Gasteiger partial charge in [-0.2, -0.15) is 0 Å². The van der Waals surface area contributed by atoms with Crippen LogP contribution in [-0.2, 0) is 4.79 Å². The van der Waals surface area contributed by atoms with E-state index in [9.17, 15) is 4.79 Å². The van der Waals surface area contributed by atoms with E-state index >= 15 is 0 Å². The molecule has 0 aromatic heterocycles. The zero-order valence-electron chi connectivity index (χ0n) is 11.1. The van der Waals surface area contributed by atoms with Gasteiger partial charge in [0.25, 0.3) is 0 Å². The zero-order valence-corrected chi connectivity index (χ0v) is 12.6. The first-order valence-corrected chi connectivity index (χ1v) is 6.80. The SMILES string of the molecule is CN(C)CCCNC(=O)/C=C/c1ccc(Cl)c(Cl)c1. The van der Waals surface area contributed by atoms with Gasteiger partial charge in [-0.05, 0) is 50.8 Å². The van der Waals surface area contributed by atoms with Crippen LogP contribution in [-0.4, -0.2) is 38.0 Å². The fourth-order valence-electron chi connectivity index (χ4n) is 1.45. The minimum atomic E-state index is -0.107. The van der Waals surface area contributed by atoms with Crippen molar-refractivity contribution in [3.8, 4) is 0 Å². The Morgan fingerprint density at radius 3 is 2.68 bits per heavy atom. The summed E-state index contributed by atoms with van der Waals surface area (Å²) in [4.78, 5) is 13.6. The molecule has 0 saturated carbocycles. The highest BCUT2D eigenvalue weighted by Gasteiger charge is 1.98. The van der Waals surface area contributed by atoms with E-state index in [2.05, 4.69) is 10.2 Å². The van der Waals surface area contributed by atoms with Crippen molar-refractivity contribution in [3.05, 3.63) is 39.9 Å². The van der Waals surface area contributed by atoms with Crippen LogP contribution in [0.3, 0.4) is 0 Å². The third-order valence-corrected chi connectivity index (χ3v) is 3.19. The van der Waals surface area contributed by atoms with Gasteiger partial charge < -0.3 is 10.2 Å². The van der Waals surface area contributed by atoms with Gasteiger partial charge in [-0.3, -0.25) is 4.79 Å². The van der Waals surface area contributed by atoms with E-state index in [0.717, 1.165) is 18.5 Å². The molecule has 0 aliphatic rings. The molecule has 0 atom stereocenters. The number of hydrogen-bond donors (Lipinski definition) is 1. The van der Waals surface area contributed by atoms with Gasteiger partial charge in [-0.1, -0.05) is 29.3 Å². The molecule has 0 aliphatic heterocycles. The molecule has 0 aliphatic carbocycles. The second-order valence-corrected chi connectivity index (χ2v) is 5.27. The lowest BCUT2D eigenvalue weighted by Crippen LogP contribution is -2.25. The van der Waals surface area contributed by atoms with Crippen LogP contribution >= 0.6 is 23.2 Å². The molecule has 5 heteroatoms. The van der Waals surface area contributed by atoms with E-state index < -0.39 is 0 Å². The molecule has 0 spiro atoms. The monoisotopic (exact) mass is 300 g/mol. The molecular formula is C14H18Cl2N2O. The third-order valence-electron chi connectivity index (χ3n) is 2.45. The first-order chi connectivity index (χ1) is 8.99. The van der Waals surface area contributed by atoms with Crippen LogP contribution in [0.15, 0.2) is 24.3 Å². The largest absolute Gasteiger partial charge is 0.353 e. The molecule has 0 saturated heterocycles. The molecule has 3 nitrogen and oxygen atoms in total. The Bertz CT molecular complexity index is 459. The lowest BCUT2D eigenvalue weighted by molar-refractivity contribution is -0.116. The third kappa shape index (κ3) is 6.62. The standard InChI is InChI=1S/C14H18Cl2N2O/c1-18(2)9-3-8-17-14(19)7-5-11-4-6-12(15)13(16)10-11/h4-7,10H,3,8-9H2,1-2H3,(H,17,19)/b7-5+. The molecule has 1 aromatic carbocycles. The fourth-order valence-corrected chi connectivity index (χ4v) is 1.76. The van der Waals surface area contributed by atoms with Crippen molar-refractivity contribution < 1.29 is 4.79 Å². The zero-order chi connectivity index (χ0) is 14.3. The Morgan fingerprint density at radius 1 is 1.32 bits per heavy atom. The van der Waals surface area contributed by atoms with E-state index in [-0.39, 0.29) is 5.91 Å². The summed E-state index contributed by atoms with van der Waals surface area (Å²) >= 11 is 11.7. The van der Waals surface area contributed by atoms with Gasteiger partial charge in [0, 0.05) is 12.6 Å². The molecule has 19 heavy (non-hydrogen) atoms. The summed E-state index contributed by atoms with van der Waals surface area (Å²) in [6.07, 6.45) is 4.14. The average molecular weight is 301 g/mol. The first kappa shape index (κ1) is 16.0. The van der Waals surface area contributed by atoms with Crippen molar-refractivity contribution in [3.63, 3.8) is 0 Å². The number of amides is 1. The predicted molar refractivity (Wildman–Crippen MR) is 81.7 cm³/mol. The molecule has 0 radical (unpaired) electrons. The molecule has 1 N–H and O–H groups in total. The van der Waals surface area contributed by atoms with E-state index in [1.54, 1.807) is 18.2 Å². The Balaban J connectivity index is 2.39. The molecule has 104 valence electrons. The number of hydrogen-bond acceptors (Lipinski definition) is 2. The number of benzene rings is 1. The Labute approximate surface area is 124 Å². The van der Waals surface area contributed by atoms with Gasteiger partial charge in [0.05, 0.1) is 10.0 Å². The molecule has 0 bridgehead atoms. The summed E-state index contributed by atoms with van der Waals surface area (Å²) in [6, 6.07) is 5.24. The van der Waals surface area contributed by atoms with Crippen molar-refractivity contribution in [1.29, 1.82) is 0 Å². The smallest absolute Gasteiger partial charge is 0.243 e. The van der Waals surface area contributed by atoms with E-state index in [4.69, 9.17) is 23.2 Å². The number of nitrogens with one attached hydrogen (secondary N) is 1.